The molecule has 36 heavy (non-hydrogen) atoms. The standard InChI is InChI=1S/C19H15F2N5O3.C2HF3O2/c1-9-5-10(3-4-15(9)28-2)24-18-22-8-13(21)17(26-18)23-11-6-12(20)16-14(7-11)25-19(27)29-16;3-2(4,5)1(6)7/h3-8H,1-2H3,(H,25,27)(H2,22,23,24,26);(H,6,7). The van der Waals surface area contributed by atoms with Crippen molar-refractivity contribution in [1.29, 1.82) is 0 Å². The number of aryl methyl sites for hydroxylation is 1. The molecule has 0 radical (unpaired) electrons. The Hall–Kier alpha value is -4.69. The van der Waals surface area contributed by atoms with Crippen molar-refractivity contribution in [2.75, 3.05) is 17.7 Å². The second-order valence-electron chi connectivity index (χ2n) is 6.98. The minimum atomic E-state index is -5.08. The van der Waals surface area contributed by atoms with Gasteiger partial charge in [-0.2, -0.15) is 18.2 Å². The van der Waals surface area contributed by atoms with Gasteiger partial charge in [0.2, 0.25) is 5.95 Å². The van der Waals surface area contributed by atoms with Crippen LogP contribution < -0.4 is 21.1 Å². The highest BCUT2D eigenvalue weighted by atomic mass is 19.4. The molecule has 4 aromatic rings. The molecule has 4 rings (SSSR count). The van der Waals surface area contributed by atoms with Gasteiger partial charge in [0.25, 0.3) is 0 Å². The first-order valence-corrected chi connectivity index (χ1v) is 9.71. The Morgan fingerprint density at radius 1 is 1.11 bits per heavy atom. The maximum atomic E-state index is 14.2. The number of fused-ring (bicyclic) bond motifs is 1. The van der Waals surface area contributed by atoms with Crippen LogP contribution in [-0.2, 0) is 4.79 Å². The Labute approximate surface area is 197 Å². The van der Waals surface area contributed by atoms with Crippen LogP contribution in [0.15, 0.2) is 45.7 Å². The summed E-state index contributed by atoms with van der Waals surface area (Å²) in [5.41, 5.74) is 1.69. The van der Waals surface area contributed by atoms with E-state index in [0.717, 1.165) is 23.6 Å². The van der Waals surface area contributed by atoms with E-state index in [4.69, 9.17) is 19.1 Å². The third kappa shape index (κ3) is 6.25. The average Bonchev–Trinajstić information content (AvgIpc) is 3.17. The summed E-state index contributed by atoms with van der Waals surface area (Å²) in [4.78, 5) is 30.5. The first kappa shape index (κ1) is 25.9. The van der Waals surface area contributed by atoms with Crippen LogP contribution in [0, 0.1) is 18.6 Å². The van der Waals surface area contributed by atoms with E-state index in [-0.39, 0.29) is 28.6 Å². The number of halogens is 5. The highest BCUT2D eigenvalue weighted by Gasteiger charge is 2.38. The molecule has 0 unspecified atom stereocenters. The number of aromatic nitrogens is 3. The van der Waals surface area contributed by atoms with Gasteiger partial charge in [0.1, 0.15) is 5.75 Å². The molecule has 2 aromatic heterocycles. The van der Waals surface area contributed by atoms with Crippen molar-refractivity contribution in [2.45, 2.75) is 13.1 Å². The number of benzene rings is 2. The number of hydrogen-bond acceptors (Lipinski definition) is 8. The van der Waals surface area contributed by atoms with Crippen molar-refractivity contribution in [2.24, 2.45) is 0 Å². The molecule has 15 heteroatoms. The number of H-pyrrole nitrogens is 1. The molecule has 0 bridgehead atoms. The van der Waals surface area contributed by atoms with Crippen molar-refractivity contribution in [3.8, 4) is 5.75 Å². The largest absolute Gasteiger partial charge is 0.496 e. The van der Waals surface area contributed by atoms with E-state index >= 15 is 0 Å². The van der Waals surface area contributed by atoms with Crippen molar-refractivity contribution < 1.29 is 41.0 Å². The van der Waals surface area contributed by atoms with Gasteiger partial charge in [-0.25, -0.2) is 23.4 Å². The van der Waals surface area contributed by atoms with Gasteiger partial charge in [-0.05, 0) is 36.8 Å². The lowest BCUT2D eigenvalue weighted by Gasteiger charge is -2.11. The molecular weight excluding hydrogens is 497 g/mol. The lowest BCUT2D eigenvalue weighted by atomic mass is 10.2. The van der Waals surface area contributed by atoms with E-state index < -0.39 is 29.5 Å². The van der Waals surface area contributed by atoms with Gasteiger partial charge in [-0.15, -0.1) is 0 Å². The Balaban J connectivity index is 0.000000454. The van der Waals surface area contributed by atoms with Crippen molar-refractivity contribution >= 4 is 40.2 Å². The second-order valence-corrected chi connectivity index (χ2v) is 6.98. The van der Waals surface area contributed by atoms with Crippen molar-refractivity contribution in [3.63, 3.8) is 0 Å². The smallest absolute Gasteiger partial charge is 0.490 e. The molecule has 0 fully saturated rings. The van der Waals surface area contributed by atoms with Crippen LogP contribution in [-0.4, -0.2) is 39.3 Å². The number of hydrogen-bond donors (Lipinski definition) is 4. The number of oxazole rings is 1. The van der Waals surface area contributed by atoms with Gasteiger partial charge < -0.3 is 24.9 Å². The summed E-state index contributed by atoms with van der Waals surface area (Å²) in [6.45, 7) is 1.88. The molecule has 190 valence electrons. The molecule has 10 nitrogen and oxygen atoms in total. The SMILES string of the molecule is COc1ccc(Nc2ncc(F)c(Nc3cc(F)c4oc(=O)[nH]c4c3)n2)cc1C.O=C(O)C(F)(F)F. The molecule has 2 aromatic carbocycles. The van der Waals surface area contributed by atoms with E-state index in [0.29, 0.717) is 5.69 Å². The maximum absolute atomic E-state index is 14.2. The summed E-state index contributed by atoms with van der Waals surface area (Å²) >= 11 is 0. The first-order valence-electron chi connectivity index (χ1n) is 9.71. The summed E-state index contributed by atoms with van der Waals surface area (Å²) in [6, 6.07) is 7.86. The lowest BCUT2D eigenvalue weighted by Crippen LogP contribution is -2.21. The number of anilines is 4. The second kappa shape index (κ2) is 10.3. The number of nitrogens with zero attached hydrogens (tertiary/aromatic N) is 2. The summed E-state index contributed by atoms with van der Waals surface area (Å²) in [6.07, 6.45) is -4.09. The number of methoxy groups -OCH3 is 1. The fourth-order valence-corrected chi connectivity index (χ4v) is 2.83. The lowest BCUT2D eigenvalue weighted by molar-refractivity contribution is -0.192. The van der Waals surface area contributed by atoms with Gasteiger partial charge >= 0.3 is 17.9 Å². The molecule has 2 heterocycles. The monoisotopic (exact) mass is 513 g/mol. The zero-order valence-electron chi connectivity index (χ0n) is 18.3. The van der Waals surface area contributed by atoms with Crippen LogP contribution in [0.25, 0.3) is 11.1 Å². The number of alkyl halides is 3. The number of aliphatic carboxylic acids is 1. The van der Waals surface area contributed by atoms with Crippen LogP contribution in [0.3, 0.4) is 0 Å². The van der Waals surface area contributed by atoms with E-state index in [1.165, 1.54) is 6.07 Å². The Kier molecular flexibility index (Phi) is 7.41. The zero-order valence-corrected chi connectivity index (χ0v) is 18.3. The average molecular weight is 513 g/mol. The molecular formula is C21H16F5N5O5. The predicted octanol–water partition coefficient (Wildman–Crippen LogP) is 4.63. The molecule has 0 atom stereocenters. The Bertz CT molecular complexity index is 1470. The number of aromatic amines is 1. The highest BCUT2D eigenvalue weighted by molar-refractivity contribution is 5.79. The molecule has 0 aliphatic heterocycles. The van der Waals surface area contributed by atoms with E-state index in [9.17, 15) is 26.7 Å². The number of carbonyl (C=O) groups is 1. The van der Waals surface area contributed by atoms with Gasteiger partial charge in [0.05, 0.1) is 18.8 Å². The third-order valence-electron chi connectivity index (χ3n) is 4.38. The summed E-state index contributed by atoms with van der Waals surface area (Å²) in [7, 11) is 1.58. The number of nitrogens with one attached hydrogen (secondary N) is 3. The number of ether oxygens (including phenoxy) is 1. The Morgan fingerprint density at radius 2 is 1.81 bits per heavy atom. The minimum absolute atomic E-state index is 0.136. The summed E-state index contributed by atoms with van der Waals surface area (Å²) < 4.78 is 69.9. The highest BCUT2D eigenvalue weighted by Crippen LogP contribution is 2.26. The summed E-state index contributed by atoms with van der Waals surface area (Å²) in [5.74, 6) is -4.35. The van der Waals surface area contributed by atoms with Crippen LogP contribution >= 0.6 is 0 Å². The van der Waals surface area contributed by atoms with Gasteiger partial charge in [-0.3, -0.25) is 4.98 Å². The van der Waals surface area contributed by atoms with Gasteiger partial charge in [-0.1, -0.05) is 0 Å². The van der Waals surface area contributed by atoms with E-state index in [1.807, 2.05) is 13.0 Å². The minimum Gasteiger partial charge on any atom is -0.496 e. The maximum Gasteiger partial charge on any atom is 0.490 e. The topological polar surface area (TPSA) is 142 Å². The van der Waals surface area contributed by atoms with Crippen molar-refractivity contribution in [1.82, 2.24) is 15.0 Å². The zero-order chi connectivity index (χ0) is 26.6. The normalized spacial score (nSPS) is 11.0. The number of carboxylic acids is 1. The fraction of sp³-hybridized carbons (Fsp3) is 0.143. The third-order valence-corrected chi connectivity index (χ3v) is 4.38. The first-order chi connectivity index (χ1) is 16.9. The van der Waals surface area contributed by atoms with Gasteiger partial charge in [0, 0.05) is 17.4 Å². The van der Waals surface area contributed by atoms with E-state index in [1.54, 1.807) is 19.2 Å². The van der Waals surface area contributed by atoms with Crippen LogP contribution in [0.5, 0.6) is 5.75 Å². The van der Waals surface area contributed by atoms with Crippen LogP contribution in [0.4, 0.5) is 45.1 Å². The Morgan fingerprint density at radius 3 is 2.42 bits per heavy atom. The molecule has 0 aliphatic rings. The molecule has 4 N–H and O–H groups in total. The molecule has 0 aliphatic carbocycles. The molecule has 0 amide bonds. The predicted molar refractivity (Wildman–Crippen MR) is 117 cm³/mol. The fourth-order valence-electron chi connectivity index (χ4n) is 2.83. The quantitative estimate of drug-likeness (QED) is 0.281. The molecule has 0 saturated carbocycles. The van der Waals surface area contributed by atoms with E-state index in [2.05, 4.69) is 25.6 Å². The van der Waals surface area contributed by atoms with Crippen molar-refractivity contribution in [3.05, 3.63) is 64.3 Å². The van der Waals surface area contributed by atoms with Crippen LogP contribution in [0.2, 0.25) is 0 Å². The molecule has 0 spiro atoms. The summed E-state index contributed by atoms with van der Waals surface area (Å²) in [5, 5.41) is 12.8. The number of carboxylic acid groups (broad SMARTS) is 1. The number of rotatable bonds is 5. The van der Waals surface area contributed by atoms with Crippen LogP contribution in [0.1, 0.15) is 5.56 Å². The molecule has 0 saturated heterocycles. The van der Waals surface area contributed by atoms with Gasteiger partial charge in [0.15, 0.2) is 23.0 Å².